The van der Waals surface area contributed by atoms with Crippen LogP contribution < -0.4 is 5.32 Å². The number of nitrogens with zero attached hydrogens (tertiary/aromatic N) is 2. The zero-order valence-electron chi connectivity index (χ0n) is 13.1. The summed E-state index contributed by atoms with van der Waals surface area (Å²) in [4.78, 5) is 0. The molecule has 0 amide bonds. The lowest BCUT2D eigenvalue weighted by Gasteiger charge is -2.17. The number of hydrogen-bond donors (Lipinski definition) is 1. The SMILES string of the molecule is CCCNC(CCCc1c(Cl)c(CC)nn1C)C1CC1. The van der Waals surface area contributed by atoms with E-state index in [4.69, 9.17) is 11.6 Å². The molecule has 1 atom stereocenters. The van der Waals surface area contributed by atoms with Gasteiger partial charge in [-0.2, -0.15) is 5.10 Å². The van der Waals surface area contributed by atoms with Crippen LogP contribution in [-0.4, -0.2) is 22.4 Å². The molecule has 2 rings (SSSR count). The first-order valence-electron chi connectivity index (χ1n) is 8.11. The lowest BCUT2D eigenvalue weighted by Crippen LogP contribution is -2.31. The molecular weight excluding hydrogens is 270 g/mol. The summed E-state index contributed by atoms with van der Waals surface area (Å²) >= 11 is 6.40. The average Bonchev–Trinajstić information content (AvgIpc) is 3.23. The van der Waals surface area contributed by atoms with E-state index in [0.29, 0.717) is 6.04 Å². The van der Waals surface area contributed by atoms with Gasteiger partial charge in [-0.3, -0.25) is 4.68 Å². The molecule has 0 aromatic carbocycles. The second-order valence-electron chi connectivity index (χ2n) is 5.97. The minimum atomic E-state index is 0.715. The maximum absolute atomic E-state index is 6.40. The van der Waals surface area contributed by atoms with Crippen LogP contribution in [0.4, 0.5) is 0 Å². The minimum absolute atomic E-state index is 0.715. The third kappa shape index (κ3) is 3.98. The predicted molar refractivity (Wildman–Crippen MR) is 85.3 cm³/mol. The van der Waals surface area contributed by atoms with Crippen LogP contribution >= 0.6 is 11.6 Å². The van der Waals surface area contributed by atoms with Gasteiger partial charge in [0.1, 0.15) is 0 Å². The lowest BCUT2D eigenvalue weighted by atomic mass is 10.0. The fourth-order valence-corrected chi connectivity index (χ4v) is 3.30. The van der Waals surface area contributed by atoms with Crippen molar-refractivity contribution >= 4 is 11.6 Å². The summed E-state index contributed by atoms with van der Waals surface area (Å²) < 4.78 is 1.97. The molecule has 3 nitrogen and oxygen atoms in total. The number of hydrogen-bond acceptors (Lipinski definition) is 2. The fraction of sp³-hybridized carbons (Fsp3) is 0.812. The molecular formula is C16H28ClN3. The zero-order chi connectivity index (χ0) is 14.5. The van der Waals surface area contributed by atoms with Gasteiger partial charge in [0.2, 0.25) is 0 Å². The number of aromatic nitrogens is 2. The van der Waals surface area contributed by atoms with Gasteiger partial charge in [-0.05, 0) is 57.4 Å². The molecule has 1 aromatic rings. The molecule has 0 radical (unpaired) electrons. The Balaban J connectivity index is 1.83. The van der Waals surface area contributed by atoms with E-state index in [1.165, 1.54) is 37.8 Å². The summed E-state index contributed by atoms with van der Waals surface area (Å²) in [5.41, 5.74) is 2.24. The molecule has 1 unspecified atom stereocenters. The van der Waals surface area contributed by atoms with E-state index in [9.17, 15) is 0 Å². The van der Waals surface area contributed by atoms with Crippen molar-refractivity contribution in [3.8, 4) is 0 Å². The Morgan fingerprint density at radius 3 is 2.70 bits per heavy atom. The van der Waals surface area contributed by atoms with E-state index in [0.717, 1.165) is 36.0 Å². The van der Waals surface area contributed by atoms with Crippen LogP contribution in [0.2, 0.25) is 5.02 Å². The Kier molecular flexibility index (Phi) is 5.91. The van der Waals surface area contributed by atoms with E-state index < -0.39 is 0 Å². The molecule has 4 heteroatoms. The smallest absolute Gasteiger partial charge is 0.0849 e. The molecule has 114 valence electrons. The Hall–Kier alpha value is -0.540. The standard InChI is InChI=1S/C16H28ClN3/c1-4-11-18-14(12-9-10-12)7-6-8-15-16(17)13(5-2)19-20(15)3/h12,14,18H,4-11H2,1-3H3. The van der Waals surface area contributed by atoms with Crippen molar-refractivity contribution in [2.75, 3.05) is 6.54 Å². The third-order valence-corrected chi connectivity index (χ3v) is 4.72. The molecule has 1 aliphatic rings. The Bertz CT molecular complexity index is 424. The van der Waals surface area contributed by atoms with Gasteiger partial charge in [-0.25, -0.2) is 0 Å². The van der Waals surface area contributed by atoms with Gasteiger partial charge in [-0.15, -0.1) is 0 Å². The predicted octanol–water partition coefficient (Wildman–Crippen LogP) is 3.74. The zero-order valence-corrected chi connectivity index (χ0v) is 13.8. The summed E-state index contributed by atoms with van der Waals surface area (Å²) in [7, 11) is 2.01. The van der Waals surface area contributed by atoms with E-state index in [2.05, 4.69) is 24.3 Å². The van der Waals surface area contributed by atoms with Gasteiger partial charge < -0.3 is 5.32 Å². The average molecular weight is 298 g/mol. The maximum Gasteiger partial charge on any atom is 0.0849 e. The number of nitrogens with one attached hydrogen (secondary N) is 1. The van der Waals surface area contributed by atoms with Crippen LogP contribution in [0.5, 0.6) is 0 Å². The van der Waals surface area contributed by atoms with Gasteiger partial charge in [0.25, 0.3) is 0 Å². The molecule has 20 heavy (non-hydrogen) atoms. The molecule has 0 aliphatic heterocycles. The highest BCUT2D eigenvalue weighted by Crippen LogP contribution is 2.35. The minimum Gasteiger partial charge on any atom is -0.314 e. The Morgan fingerprint density at radius 1 is 1.40 bits per heavy atom. The van der Waals surface area contributed by atoms with Crippen molar-refractivity contribution < 1.29 is 0 Å². The summed E-state index contributed by atoms with van der Waals surface area (Å²) in [6.07, 6.45) is 8.45. The fourth-order valence-electron chi connectivity index (χ4n) is 2.91. The molecule has 1 saturated carbocycles. The summed E-state index contributed by atoms with van der Waals surface area (Å²) in [5, 5.41) is 9.09. The van der Waals surface area contributed by atoms with Crippen LogP contribution in [0, 0.1) is 5.92 Å². The first-order valence-corrected chi connectivity index (χ1v) is 8.48. The number of halogens is 1. The molecule has 1 fully saturated rings. The molecule has 1 N–H and O–H groups in total. The third-order valence-electron chi connectivity index (χ3n) is 4.28. The second kappa shape index (κ2) is 7.46. The van der Waals surface area contributed by atoms with Crippen molar-refractivity contribution in [3.63, 3.8) is 0 Å². The molecule has 0 spiro atoms. The van der Waals surface area contributed by atoms with E-state index in [1.54, 1.807) is 0 Å². The van der Waals surface area contributed by atoms with Crippen molar-refractivity contribution in [1.82, 2.24) is 15.1 Å². The Labute approximate surface area is 128 Å². The van der Waals surface area contributed by atoms with Gasteiger partial charge in [0.05, 0.1) is 16.4 Å². The summed E-state index contributed by atoms with van der Waals surface area (Å²) in [6.45, 7) is 5.49. The first-order chi connectivity index (χ1) is 9.67. The molecule has 1 heterocycles. The molecule has 0 bridgehead atoms. The quantitative estimate of drug-likeness (QED) is 0.752. The molecule has 1 aliphatic carbocycles. The van der Waals surface area contributed by atoms with Gasteiger partial charge in [0.15, 0.2) is 0 Å². The van der Waals surface area contributed by atoms with Crippen LogP contribution in [0.1, 0.15) is 57.3 Å². The Morgan fingerprint density at radius 2 is 2.15 bits per heavy atom. The topological polar surface area (TPSA) is 29.9 Å². The van der Waals surface area contributed by atoms with Crippen LogP contribution in [0.3, 0.4) is 0 Å². The lowest BCUT2D eigenvalue weighted by molar-refractivity contribution is 0.423. The van der Waals surface area contributed by atoms with Crippen LogP contribution in [0.25, 0.3) is 0 Å². The summed E-state index contributed by atoms with van der Waals surface area (Å²) in [6, 6.07) is 0.715. The van der Waals surface area contributed by atoms with Gasteiger partial charge >= 0.3 is 0 Å². The largest absolute Gasteiger partial charge is 0.314 e. The molecule has 1 aromatic heterocycles. The van der Waals surface area contributed by atoms with Crippen molar-refractivity contribution in [1.29, 1.82) is 0 Å². The van der Waals surface area contributed by atoms with E-state index in [1.807, 2.05) is 11.7 Å². The number of aryl methyl sites for hydroxylation is 2. The summed E-state index contributed by atoms with van der Waals surface area (Å²) in [5.74, 6) is 0.926. The van der Waals surface area contributed by atoms with Crippen molar-refractivity contribution in [2.24, 2.45) is 13.0 Å². The van der Waals surface area contributed by atoms with Crippen LogP contribution in [0.15, 0.2) is 0 Å². The van der Waals surface area contributed by atoms with Crippen molar-refractivity contribution in [3.05, 3.63) is 16.4 Å². The second-order valence-corrected chi connectivity index (χ2v) is 6.35. The maximum atomic E-state index is 6.40. The van der Waals surface area contributed by atoms with E-state index in [-0.39, 0.29) is 0 Å². The van der Waals surface area contributed by atoms with Crippen LogP contribution in [-0.2, 0) is 19.9 Å². The molecule has 0 saturated heterocycles. The normalized spacial score (nSPS) is 16.6. The van der Waals surface area contributed by atoms with Gasteiger partial charge in [0, 0.05) is 13.1 Å². The number of rotatable bonds is 9. The highest BCUT2D eigenvalue weighted by atomic mass is 35.5. The monoisotopic (exact) mass is 297 g/mol. The van der Waals surface area contributed by atoms with Gasteiger partial charge in [-0.1, -0.05) is 25.4 Å². The highest BCUT2D eigenvalue weighted by Gasteiger charge is 2.30. The first kappa shape index (κ1) is 15.8. The van der Waals surface area contributed by atoms with E-state index >= 15 is 0 Å². The van der Waals surface area contributed by atoms with Crippen molar-refractivity contribution in [2.45, 2.75) is 64.8 Å². The highest BCUT2D eigenvalue weighted by molar-refractivity contribution is 6.31.